The molecule has 0 bridgehead atoms. The monoisotopic (exact) mass is 249 g/mol. The van der Waals surface area contributed by atoms with E-state index < -0.39 is 0 Å². The van der Waals surface area contributed by atoms with Crippen molar-refractivity contribution in [3.63, 3.8) is 0 Å². The quantitative estimate of drug-likeness (QED) is 0.679. The van der Waals surface area contributed by atoms with Gasteiger partial charge >= 0.3 is 0 Å². The van der Waals surface area contributed by atoms with Gasteiger partial charge < -0.3 is 5.32 Å². The third-order valence-electron chi connectivity index (χ3n) is 3.71. The lowest BCUT2D eigenvalue weighted by Gasteiger charge is -2.18. The van der Waals surface area contributed by atoms with Crippen LogP contribution in [-0.2, 0) is 0 Å². The predicted octanol–water partition coefficient (Wildman–Crippen LogP) is 4.24. The number of unbranched alkanes of at least 4 members (excludes halogenated alkanes) is 2. The van der Waals surface area contributed by atoms with Crippen molar-refractivity contribution < 1.29 is 4.39 Å². The molecule has 0 spiro atoms. The van der Waals surface area contributed by atoms with Crippen molar-refractivity contribution in [3.05, 3.63) is 35.6 Å². The van der Waals surface area contributed by atoms with Gasteiger partial charge in [0.1, 0.15) is 5.82 Å². The van der Waals surface area contributed by atoms with Gasteiger partial charge in [-0.2, -0.15) is 0 Å². The van der Waals surface area contributed by atoms with Crippen LogP contribution < -0.4 is 5.32 Å². The van der Waals surface area contributed by atoms with Gasteiger partial charge in [0, 0.05) is 12.6 Å². The van der Waals surface area contributed by atoms with Crippen LogP contribution in [0.2, 0.25) is 0 Å². The Hall–Kier alpha value is -0.890. The van der Waals surface area contributed by atoms with Crippen LogP contribution in [0, 0.1) is 5.82 Å². The molecule has 0 saturated heterocycles. The van der Waals surface area contributed by atoms with Crippen LogP contribution in [0.15, 0.2) is 24.3 Å². The predicted molar refractivity (Wildman–Crippen MR) is 74.3 cm³/mol. The number of halogens is 1. The van der Waals surface area contributed by atoms with Crippen molar-refractivity contribution in [1.82, 2.24) is 5.32 Å². The molecule has 1 aromatic carbocycles. The number of hydrogen-bond donors (Lipinski definition) is 1. The molecule has 0 amide bonds. The number of rotatable bonds is 8. The lowest BCUT2D eigenvalue weighted by molar-refractivity contribution is 0.515. The zero-order valence-corrected chi connectivity index (χ0v) is 11.3. The van der Waals surface area contributed by atoms with E-state index in [0.29, 0.717) is 5.92 Å². The van der Waals surface area contributed by atoms with E-state index in [9.17, 15) is 4.39 Å². The molecule has 1 aliphatic carbocycles. The van der Waals surface area contributed by atoms with E-state index in [1.54, 1.807) is 6.07 Å². The zero-order valence-electron chi connectivity index (χ0n) is 11.3. The standard InChI is InChI=1S/C16H24FN/c1-2-3-4-6-14(12-18-16-9-10-16)13-7-5-8-15(17)11-13/h5,7-8,11,14,16,18H,2-4,6,9-10,12H2,1H3. The second kappa shape index (κ2) is 6.89. The van der Waals surface area contributed by atoms with Gasteiger partial charge in [0.25, 0.3) is 0 Å². The average molecular weight is 249 g/mol. The molecule has 1 fully saturated rings. The van der Waals surface area contributed by atoms with E-state index in [0.717, 1.165) is 24.6 Å². The van der Waals surface area contributed by atoms with Crippen LogP contribution in [0.25, 0.3) is 0 Å². The Kier molecular flexibility index (Phi) is 5.18. The molecule has 1 aliphatic rings. The highest BCUT2D eigenvalue weighted by atomic mass is 19.1. The summed E-state index contributed by atoms with van der Waals surface area (Å²) in [6.45, 7) is 3.22. The van der Waals surface area contributed by atoms with Gasteiger partial charge in [0.05, 0.1) is 0 Å². The summed E-state index contributed by atoms with van der Waals surface area (Å²) < 4.78 is 13.3. The maximum atomic E-state index is 13.3. The average Bonchev–Trinajstić information content (AvgIpc) is 3.17. The van der Waals surface area contributed by atoms with Crippen LogP contribution in [0.5, 0.6) is 0 Å². The number of hydrogen-bond acceptors (Lipinski definition) is 1. The van der Waals surface area contributed by atoms with Gasteiger partial charge in [-0.3, -0.25) is 0 Å². The summed E-state index contributed by atoms with van der Waals surface area (Å²) >= 11 is 0. The van der Waals surface area contributed by atoms with Crippen molar-refractivity contribution in [2.24, 2.45) is 0 Å². The van der Waals surface area contributed by atoms with E-state index in [1.165, 1.54) is 38.2 Å². The molecule has 0 radical (unpaired) electrons. The number of nitrogens with one attached hydrogen (secondary N) is 1. The molecule has 100 valence electrons. The smallest absolute Gasteiger partial charge is 0.123 e. The first-order chi connectivity index (χ1) is 8.79. The van der Waals surface area contributed by atoms with Crippen LogP contribution in [0.4, 0.5) is 4.39 Å². The van der Waals surface area contributed by atoms with Crippen molar-refractivity contribution in [3.8, 4) is 0 Å². The summed E-state index contributed by atoms with van der Waals surface area (Å²) in [6.07, 6.45) is 7.54. The summed E-state index contributed by atoms with van der Waals surface area (Å²) in [4.78, 5) is 0. The Morgan fingerprint density at radius 3 is 2.83 bits per heavy atom. The Morgan fingerprint density at radius 2 is 2.17 bits per heavy atom. The minimum Gasteiger partial charge on any atom is -0.313 e. The zero-order chi connectivity index (χ0) is 12.8. The van der Waals surface area contributed by atoms with Gasteiger partial charge in [-0.05, 0) is 42.9 Å². The van der Waals surface area contributed by atoms with Crippen LogP contribution in [-0.4, -0.2) is 12.6 Å². The van der Waals surface area contributed by atoms with Crippen molar-refractivity contribution in [1.29, 1.82) is 0 Å². The minimum absolute atomic E-state index is 0.112. The summed E-state index contributed by atoms with van der Waals surface area (Å²) in [6, 6.07) is 7.85. The highest BCUT2D eigenvalue weighted by Gasteiger charge is 2.22. The van der Waals surface area contributed by atoms with Gasteiger partial charge in [-0.1, -0.05) is 38.3 Å². The number of benzene rings is 1. The molecule has 1 aromatic rings. The van der Waals surface area contributed by atoms with E-state index in [1.807, 2.05) is 6.07 Å². The van der Waals surface area contributed by atoms with Crippen LogP contribution >= 0.6 is 0 Å². The topological polar surface area (TPSA) is 12.0 Å². The van der Waals surface area contributed by atoms with Gasteiger partial charge in [0.2, 0.25) is 0 Å². The van der Waals surface area contributed by atoms with Crippen LogP contribution in [0.3, 0.4) is 0 Å². The van der Waals surface area contributed by atoms with Crippen molar-refractivity contribution in [2.45, 2.75) is 57.4 Å². The van der Waals surface area contributed by atoms with Gasteiger partial charge in [-0.15, -0.1) is 0 Å². The van der Waals surface area contributed by atoms with Crippen molar-refractivity contribution in [2.75, 3.05) is 6.54 Å². The first-order valence-electron chi connectivity index (χ1n) is 7.28. The van der Waals surface area contributed by atoms with Crippen LogP contribution in [0.1, 0.15) is 56.9 Å². The third kappa shape index (κ3) is 4.41. The second-order valence-corrected chi connectivity index (χ2v) is 5.43. The fourth-order valence-electron chi connectivity index (χ4n) is 2.38. The van der Waals surface area contributed by atoms with Crippen molar-refractivity contribution >= 4 is 0 Å². The summed E-state index contributed by atoms with van der Waals surface area (Å²) in [5.74, 6) is 0.354. The Morgan fingerprint density at radius 1 is 1.33 bits per heavy atom. The molecule has 1 unspecified atom stereocenters. The fourth-order valence-corrected chi connectivity index (χ4v) is 2.38. The molecule has 0 aromatic heterocycles. The maximum absolute atomic E-state index is 13.3. The first kappa shape index (κ1) is 13.5. The molecule has 1 nitrogen and oxygen atoms in total. The van der Waals surface area contributed by atoms with E-state index in [-0.39, 0.29) is 5.82 Å². The molecular weight excluding hydrogens is 225 g/mol. The highest BCUT2D eigenvalue weighted by Crippen LogP contribution is 2.25. The third-order valence-corrected chi connectivity index (χ3v) is 3.71. The van der Waals surface area contributed by atoms with E-state index in [2.05, 4.69) is 18.3 Å². The molecule has 1 N–H and O–H groups in total. The van der Waals surface area contributed by atoms with E-state index in [4.69, 9.17) is 0 Å². The second-order valence-electron chi connectivity index (χ2n) is 5.43. The summed E-state index contributed by atoms with van der Waals surface area (Å²) in [5, 5.41) is 3.58. The lowest BCUT2D eigenvalue weighted by Crippen LogP contribution is -2.23. The molecule has 1 atom stereocenters. The Balaban J connectivity index is 1.92. The molecule has 0 aliphatic heterocycles. The minimum atomic E-state index is -0.112. The summed E-state index contributed by atoms with van der Waals surface area (Å²) in [5.41, 5.74) is 1.15. The molecular formula is C16H24FN. The molecule has 18 heavy (non-hydrogen) atoms. The molecule has 1 saturated carbocycles. The molecule has 2 heteroatoms. The highest BCUT2D eigenvalue weighted by molar-refractivity contribution is 5.21. The molecule has 2 rings (SSSR count). The van der Waals surface area contributed by atoms with Gasteiger partial charge in [-0.25, -0.2) is 4.39 Å². The Labute approximate surface area is 110 Å². The SMILES string of the molecule is CCCCCC(CNC1CC1)c1cccc(F)c1. The normalized spacial score (nSPS) is 16.8. The maximum Gasteiger partial charge on any atom is 0.123 e. The van der Waals surface area contributed by atoms with E-state index >= 15 is 0 Å². The molecule has 0 heterocycles. The fraction of sp³-hybridized carbons (Fsp3) is 0.625. The largest absolute Gasteiger partial charge is 0.313 e. The summed E-state index contributed by atoms with van der Waals surface area (Å²) in [7, 11) is 0. The van der Waals surface area contributed by atoms with Gasteiger partial charge in [0.15, 0.2) is 0 Å². The lowest BCUT2D eigenvalue weighted by atomic mass is 9.93. The Bertz CT molecular complexity index is 360. The first-order valence-corrected chi connectivity index (χ1v) is 7.28.